The first kappa shape index (κ1) is 21.1. The zero-order valence-electron chi connectivity index (χ0n) is 17.8. The highest BCUT2D eigenvalue weighted by Crippen LogP contribution is 2.62. The molecule has 5 rings (SSSR count). The minimum Gasteiger partial charge on any atom is -0.481 e. The molecular weight excluding hydrogens is 394 g/mol. The lowest BCUT2D eigenvalue weighted by Gasteiger charge is -2.62. The van der Waals surface area contributed by atoms with Gasteiger partial charge in [-0.25, -0.2) is 0 Å². The van der Waals surface area contributed by atoms with Gasteiger partial charge in [0.2, 0.25) is 0 Å². The minimum atomic E-state index is -0.735. The Balaban J connectivity index is 1.43. The van der Waals surface area contributed by atoms with Gasteiger partial charge in [-0.3, -0.25) is 9.59 Å². The van der Waals surface area contributed by atoms with Gasteiger partial charge in [-0.05, 0) is 61.3 Å². The van der Waals surface area contributed by atoms with Crippen LogP contribution < -0.4 is 5.32 Å². The molecule has 0 saturated heterocycles. The van der Waals surface area contributed by atoms with Gasteiger partial charge in [0, 0.05) is 27.9 Å². The smallest absolute Gasteiger partial charge is 0.303 e. The number of carboxylic acid groups (broad SMARTS) is 1. The van der Waals surface area contributed by atoms with Gasteiger partial charge >= 0.3 is 5.97 Å². The van der Waals surface area contributed by atoms with Crippen LogP contribution in [-0.2, 0) is 4.79 Å². The van der Waals surface area contributed by atoms with E-state index in [1.54, 1.807) is 11.3 Å². The third kappa shape index (κ3) is 4.04. The molecule has 1 aromatic carbocycles. The largest absolute Gasteiger partial charge is 0.481 e. The van der Waals surface area contributed by atoms with Crippen LogP contribution in [0.5, 0.6) is 0 Å². The summed E-state index contributed by atoms with van der Waals surface area (Å²) in [6.07, 6.45) is 9.29. The van der Waals surface area contributed by atoms with E-state index in [0.29, 0.717) is 29.6 Å². The number of amides is 1. The van der Waals surface area contributed by atoms with Crippen LogP contribution >= 0.6 is 11.3 Å². The lowest BCUT2D eigenvalue weighted by molar-refractivity contribution is -0.137. The molecule has 0 radical (unpaired) electrons. The van der Waals surface area contributed by atoms with Gasteiger partial charge in [0.15, 0.2) is 0 Å². The van der Waals surface area contributed by atoms with Crippen molar-refractivity contribution in [1.82, 2.24) is 5.32 Å². The maximum absolute atomic E-state index is 13.1. The van der Waals surface area contributed by atoms with Crippen LogP contribution in [0.4, 0.5) is 0 Å². The van der Waals surface area contributed by atoms with E-state index in [2.05, 4.69) is 37.4 Å². The number of allylic oxidation sites excluding steroid dienone is 2. The van der Waals surface area contributed by atoms with Crippen LogP contribution in [0.15, 0.2) is 41.8 Å². The Labute approximate surface area is 182 Å². The van der Waals surface area contributed by atoms with E-state index < -0.39 is 5.97 Å². The van der Waals surface area contributed by atoms with Gasteiger partial charge in [-0.15, -0.1) is 11.3 Å². The maximum Gasteiger partial charge on any atom is 0.303 e. The molecule has 3 aliphatic carbocycles. The normalized spacial score (nSPS) is 27.1. The number of aliphatic carboxylic acids is 1. The minimum absolute atomic E-state index is 0.0481. The third-order valence-electron chi connectivity index (χ3n) is 7.50. The number of unbranched alkanes of at least 4 members (excludes halogenated alkanes) is 1. The van der Waals surface area contributed by atoms with Gasteiger partial charge in [0.05, 0.1) is 5.56 Å². The summed E-state index contributed by atoms with van der Waals surface area (Å²) in [6.45, 7) is 4.75. The average Bonchev–Trinajstić information content (AvgIpc) is 3.15. The molecule has 3 fully saturated rings. The Morgan fingerprint density at radius 1 is 1.23 bits per heavy atom. The first-order chi connectivity index (χ1) is 14.4. The summed E-state index contributed by atoms with van der Waals surface area (Å²) in [6, 6.07) is 8.29. The number of carbonyl (C=O) groups is 2. The number of hydrogen-bond acceptors (Lipinski definition) is 3. The molecule has 4 atom stereocenters. The number of fused-ring (bicyclic) bond motifs is 3. The molecule has 0 aliphatic heterocycles. The summed E-state index contributed by atoms with van der Waals surface area (Å²) in [5.74, 6) is 1.07. The van der Waals surface area contributed by atoms with E-state index in [9.17, 15) is 9.59 Å². The van der Waals surface area contributed by atoms with Crippen molar-refractivity contribution in [3.8, 4) is 0 Å². The monoisotopic (exact) mass is 425 g/mol. The van der Waals surface area contributed by atoms with Crippen LogP contribution in [0.25, 0.3) is 10.1 Å². The number of carbonyl (C=O) groups excluding carboxylic acids is 1. The second-order valence-electron chi connectivity index (χ2n) is 9.48. The van der Waals surface area contributed by atoms with E-state index in [-0.39, 0.29) is 18.4 Å². The molecule has 3 saturated carbocycles. The average molecular weight is 426 g/mol. The van der Waals surface area contributed by atoms with E-state index >= 15 is 0 Å². The van der Waals surface area contributed by atoms with Crippen molar-refractivity contribution in [2.24, 2.45) is 23.2 Å². The zero-order valence-corrected chi connectivity index (χ0v) is 18.6. The summed E-state index contributed by atoms with van der Waals surface area (Å²) in [7, 11) is 0. The van der Waals surface area contributed by atoms with E-state index in [4.69, 9.17) is 5.11 Å². The van der Waals surface area contributed by atoms with Crippen LogP contribution in [-0.4, -0.2) is 23.0 Å². The topological polar surface area (TPSA) is 66.4 Å². The highest BCUT2D eigenvalue weighted by Gasteiger charge is 2.57. The Morgan fingerprint density at radius 3 is 2.80 bits per heavy atom. The fraction of sp³-hybridized carbons (Fsp3) is 0.520. The molecule has 0 unspecified atom stereocenters. The standard InChI is InChI=1S/C25H31NO3S/c1-25(2)16-13-20(25)18(10-5-3-4-6-12-23(27)28)21(14-16)26-24(29)19-15-30-22-11-8-7-9-17(19)22/h3,5,7-9,11,15-16,18,20-21H,4,6,10,12-14H2,1-2H3,(H,26,29)(H,27,28)/b5-3-/t16-,18-,20+,21+/m0/s1. The summed E-state index contributed by atoms with van der Waals surface area (Å²) in [5.41, 5.74) is 1.13. The fourth-order valence-electron chi connectivity index (χ4n) is 5.58. The van der Waals surface area contributed by atoms with Crippen LogP contribution in [0.1, 0.15) is 62.7 Å². The predicted molar refractivity (Wildman–Crippen MR) is 122 cm³/mol. The highest BCUT2D eigenvalue weighted by atomic mass is 32.1. The number of rotatable bonds is 8. The highest BCUT2D eigenvalue weighted by molar-refractivity contribution is 7.17. The lowest BCUT2D eigenvalue weighted by Crippen LogP contribution is -2.61. The summed E-state index contributed by atoms with van der Waals surface area (Å²) < 4.78 is 1.15. The first-order valence-electron chi connectivity index (χ1n) is 11.0. The van der Waals surface area contributed by atoms with E-state index in [0.717, 1.165) is 34.9 Å². The molecule has 1 aromatic heterocycles. The van der Waals surface area contributed by atoms with Crippen molar-refractivity contribution in [2.75, 3.05) is 0 Å². The molecule has 2 N–H and O–H groups in total. The van der Waals surface area contributed by atoms with Gasteiger partial charge in [-0.2, -0.15) is 0 Å². The molecule has 3 aliphatic rings. The van der Waals surface area contributed by atoms with E-state index in [1.807, 2.05) is 23.6 Å². The van der Waals surface area contributed by atoms with Crippen LogP contribution in [0, 0.1) is 23.2 Å². The SMILES string of the molecule is CC1(C)[C@H]2C[C@@H]1[C@H](C/C=C\CCCC(=O)O)[C@H](NC(=O)c1csc3ccccc13)C2. The Kier molecular flexibility index (Phi) is 6.01. The third-order valence-corrected chi connectivity index (χ3v) is 8.46. The molecule has 4 nitrogen and oxygen atoms in total. The molecule has 1 heterocycles. The molecule has 5 heteroatoms. The Morgan fingerprint density at radius 2 is 2.03 bits per heavy atom. The quantitative estimate of drug-likeness (QED) is 0.410. The fourth-order valence-corrected chi connectivity index (χ4v) is 6.52. The Hall–Kier alpha value is -2.14. The second kappa shape index (κ2) is 8.54. The molecule has 2 aromatic rings. The molecular formula is C25H31NO3S. The van der Waals surface area contributed by atoms with Crippen molar-refractivity contribution in [3.05, 3.63) is 47.4 Å². The van der Waals surface area contributed by atoms with Crippen molar-refractivity contribution < 1.29 is 14.7 Å². The van der Waals surface area contributed by atoms with Gasteiger partial charge in [0.25, 0.3) is 5.91 Å². The number of hydrogen-bond donors (Lipinski definition) is 2. The zero-order chi connectivity index (χ0) is 21.3. The molecule has 1 amide bonds. The van der Waals surface area contributed by atoms with Crippen molar-refractivity contribution >= 4 is 33.3 Å². The summed E-state index contributed by atoms with van der Waals surface area (Å²) in [5, 5.41) is 15.2. The van der Waals surface area contributed by atoms with E-state index in [1.165, 1.54) is 6.42 Å². The lowest BCUT2D eigenvalue weighted by atomic mass is 9.44. The molecule has 160 valence electrons. The van der Waals surface area contributed by atoms with Crippen LogP contribution in [0.3, 0.4) is 0 Å². The van der Waals surface area contributed by atoms with Gasteiger partial charge < -0.3 is 10.4 Å². The number of carboxylic acids is 1. The van der Waals surface area contributed by atoms with Gasteiger partial charge in [-0.1, -0.05) is 44.2 Å². The first-order valence-corrected chi connectivity index (χ1v) is 11.9. The van der Waals surface area contributed by atoms with Crippen molar-refractivity contribution in [2.45, 2.75) is 58.4 Å². The number of thiophene rings is 1. The van der Waals surface area contributed by atoms with Crippen molar-refractivity contribution in [1.29, 1.82) is 0 Å². The second-order valence-corrected chi connectivity index (χ2v) is 10.4. The number of benzene rings is 1. The molecule has 0 spiro atoms. The van der Waals surface area contributed by atoms with Crippen molar-refractivity contribution in [3.63, 3.8) is 0 Å². The molecule has 2 bridgehead atoms. The number of nitrogens with one attached hydrogen (secondary N) is 1. The maximum atomic E-state index is 13.1. The van der Waals surface area contributed by atoms with Gasteiger partial charge in [0.1, 0.15) is 0 Å². The predicted octanol–water partition coefficient (Wildman–Crippen LogP) is 5.88. The van der Waals surface area contributed by atoms with Crippen LogP contribution in [0.2, 0.25) is 0 Å². The summed E-state index contributed by atoms with van der Waals surface area (Å²) in [4.78, 5) is 23.8. The molecule has 30 heavy (non-hydrogen) atoms. The Bertz CT molecular complexity index is 960. The summed E-state index contributed by atoms with van der Waals surface area (Å²) >= 11 is 1.62.